The Morgan fingerprint density at radius 2 is 0.604 bits per heavy atom. The van der Waals surface area contributed by atoms with Gasteiger partial charge in [0, 0.05) is 6.42 Å². The molecule has 0 aromatic rings. The fourth-order valence-electron chi connectivity index (χ4n) is 7.02. The molecule has 4 heteroatoms. The number of ether oxygens (including phenoxy) is 1. The minimum absolute atomic E-state index is 0.261. The van der Waals surface area contributed by atoms with Crippen LogP contribution in [-0.4, -0.2) is 17.3 Å². The minimum atomic E-state index is -0.763. The van der Waals surface area contributed by atoms with Crippen LogP contribution in [0.5, 0.6) is 0 Å². The molecule has 0 fully saturated rings. The standard InChI is InChI=1S/C44H85ClO3/c1-3-5-7-9-11-13-15-17-19-21-23-25-27-29-31-33-35-37-39-41-43(46)48-42(44(45)47)40-38-36-34-32-30-28-26-24-22-20-18-16-14-12-10-8-6-4-2/h42H,3-41H2,1-2H3. The Bertz CT molecular complexity index is 651. The van der Waals surface area contributed by atoms with E-state index in [-0.39, 0.29) is 5.97 Å². The highest BCUT2D eigenvalue weighted by Crippen LogP contribution is 2.18. The molecule has 0 aliphatic rings. The van der Waals surface area contributed by atoms with Gasteiger partial charge in [-0.3, -0.25) is 9.59 Å². The summed E-state index contributed by atoms with van der Waals surface area (Å²) in [6.07, 6.45) is 49.6. The second-order valence-corrected chi connectivity index (χ2v) is 15.6. The van der Waals surface area contributed by atoms with Crippen molar-refractivity contribution in [3.05, 3.63) is 0 Å². The Balaban J connectivity index is 3.46. The summed E-state index contributed by atoms with van der Waals surface area (Å²) in [5.74, 6) is -0.261. The number of rotatable bonds is 41. The number of unbranched alkanes of at least 4 members (excludes halogenated alkanes) is 35. The largest absolute Gasteiger partial charge is 0.453 e. The smallest absolute Gasteiger partial charge is 0.306 e. The van der Waals surface area contributed by atoms with Crippen LogP contribution < -0.4 is 0 Å². The third-order valence-corrected chi connectivity index (χ3v) is 10.6. The number of carbonyl (C=O) groups is 2. The average Bonchev–Trinajstić information content (AvgIpc) is 3.08. The van der Waals surface area contributed by atoms with Gasteiger partial charge in [-0.25, -0.2) is 0 Å². The normalized spacial score (nSPS) is 12.1. The van der Waals surface area contributed by atoms with Crippen LogP contribution in [0.1, 0.15) is 264 Å². The summed E-state index contributed by atoms with van der Waals surface area (Å²) in [5, 5.41) is -0.525. The summed E-state index contributed by atoms with van der Waals surface area (Å²) in [6, 6.07) is 0. The van der Waals surface area contributed by atoms with Gasteiger partial charge in [-0.15, -0.1) is 0 Å². The summed E-state index contributed by atoms with van der Waals surface area (Å²) in [6.45, 7) is 4.57. The Morgan fingerprint density at radius 1 is 0.375 bits per heavy atom. The predicted octanol–water partition coefficient (Wildman–Crippen LogP) is 15.9. The molecule has 0 aromatic carbocycles. The van der Waals surface area contributed by atoms with E-state index in [0.717, 1.165) is 25.7 Å². The molecule has 0 amide bonds. The Morgan fingerprint density at radius 3 is 0.854 bits per heavy atom. The van der Waals surface area contributed by atoms with Gasteiger partial charge in [0.05, 0.1) is 0 Å². The Hall–Kier alpha value is -0.570. The molecule has 0 rings (SSSR count). The minimum Gasteiger partial charge on any atom is -0.453 e. The van der Waals surface area contributed by atoms with E-state index in [1.807, 2.05) is 0 Å². The van der Waals surface area contributed by atoms with Crippen molar-refractivity contribution in [3.8, 4) is 0 Å². The van der Waals surface area contributed by atoms with E-state index in [4.69, 9.17) is 16.3 Å². The highest BCUT2D eigenvalue weighted by atomic mass is 35.5. The molecule has 0 aliphatic carbocycles. The van der Waals surface area contributed by atoms with Crippen LogP contribution in [0.25, 0.3) is 0 Å². The second kappa shape index (κ2) is 40.9. The first-order valence-corrected chi connectivity index (χ1v) is 22.4. The van der Waals surface area contributed by atoms with Crippen molar-refractivity contribution in [2.75, 3.05) is 0 Å². The van der Waals surface area contributed by atoms with E-state index >= 15 is 0 Å². The lowest BCUT2D eigenvalue weighted by atomic mass is 10.0. The van der Waals surface area contributed by atoms with Crippen LogP contribution in [0, 0.1) is 0 Å². The molecule has 0 heterocycles. The molecule has 0 saturated heterocycles. The molecule has 0 N–H and O–H groups in total. The molecule has 0 bridgehead atoms. The highest BCUT2D eigenvalue weighted by molar-refractivity contribution is 6.64. The summed E-state index contributed by atoms with van der Waals surface area (Å²) < 4.78 is 5.46. The van der Waals surface area contributed by atoms with Crippen LogP contribution in [0.2, 0.25) is 0 Å². The molecule has 0 aliphatic heterocycles. The van der Waals surface area contributed by atoms with Gasteiger partial charge >= 0.3 is 5.97 Å². The molecule has 0 spiro atoms. The summed E-state index contributed by atoms with van der Waals surface area (Å²) in [5.41, 5.74) is 0. The third-order valence-electron chi connectivity index (χ3n) is 10.3. The monoisotopic (exact) mass is 697 g/mol. The maximum absolute atomic E-state index is 12.3. The lowest BCUT2D eigenvalue weighted by Gasteiger charge is -2.14. The number of carbonyl (C=O) groups excluding carboxylic acids is 2. The molecule has 286 valence electrons. The quantitative estimate of drug-likeness (QED) is 0.0363. The SMILES string of the molecule is CCCCCCCCCCCCCCCCCCCCCC(=O)OC(CCCCCCCCCCCCCCCCCCCC)C(=O)Cl. The van der Waals surface area contributed by atoms with Crippen LogP contribution in [0.4, 0.5) is 0 Å². The lowest BCUT2D eigenvalue weighted by molar-refractivity contribution is -0.153. The molecular weight excluding hydrogens is 612 g/mol. The Kier molecular flexibility index (Phi) is 40.4. The van der Waals surface area contributed by atoms with Crippen LogP contribution in [0.3, 0.4) is 0 Å². The summed E-state index contributed by atoms with van der Waals surface area (Å²) in [7, 11) is 0. The van der Waals surface area contributed by atoms with E-state index in [2.05, 4.69) is 13.8 Å². The van der Waals surface area contributed by atoms with E-state index in [0.29, 0.717) is 12.8 Å². The van der Waals surface area contributed by atoms with Crippen molar-refractivity contribution in [1.29, 1.82) is 0 Å². The molecule has 0 radical (unpaired) electrons. The maximum Gasteiger partial charge on any atom is 0.306 e. The first-order chi connectivity index (χ1) is 23.6. The average molecular weight is 698 g/mol. The first-order valence-electron chi connectivity index (χ1n) is 22.0. The molecule has 3 nitrogen and oxygen atoms in total. The van der Waals surface area contributed by atoms with Gasteiger partial charge in [-0.05, 0) is 30.9 Å². The molecule has 0 aromatic heterocycles. The van der Waals surface area contributed by atoms with Gasteiger partial charge < -0.3 is 4.74 Å². The van der Waals surface area contributed by atoms with Crippen LogP contribution in [0.15, 0.2) is 0 Å². The van der Waals surface area contributed by atoms with Crippen LogP contribution >= 0.6 is 11.6 Å². The van der Waals surface area contributed by atoms with Crippen molar-refractivity contribution >= 4 is 22.8 Å². The molecule has 1 atom stereocenters. The van der Waals surface area contributed by atoms with E-state index in [1.54, 1.807) is 0 Å². The zero-order valence-corrected chi connectivity index (χ0v) is 33.5. The van der Waals surface area contributed by atoms with Crippen molar-refractivity contribution in [2.45, 2.75) is 270 Å². The zero-order valence-electron chi connectivity index (χ0n) is 32.8. The van der Waals surface area contributed by atoms with Crippen LogP contribution in [-0.2, 0) is 14.3 Å². The third kappa shape index (κ3) is 38.2. The fourth-order valence-corrected chi connectivity index (χ4v) is 7.17. The number of hydrogen-bond acceptors (Lipinski definition) is 3. The molecule has 1 unspecified atom stereocenters. The number of hydrogen-bond donors (Lipinski definition) is 0. The van der Waals surface area contributed by atoms with Crippen molar-refractivity contribution < 1.29 is 14.3 Å². The van der Waals surface area contributed by atoms with Gasteiger partial charge in [0.15, 0.2) is 6.10 Å². The van der Waals surface area contributed by atoms with Gasteiger partial charge in [0.2, 0.25) is 0 Å². The topological polar surface area (TPSA) is 43.4 Å². The zero-order chi connectivity index (χ0) is 35.0. The second-order valence-electron chi connectivity index (χ2n) is 15.2. The van der Waals surface area contributed by atoms with Crippen molar-refractivity contribution in [1.82, 2.24) is 0 Å². The first kappa shape index (κ1) is 47.4. The van der Waals surface area contributed by atoms with Gasteiger partial charge in [-0.1, -0.05) is 239 Å². The predicted molar refractivity (Wildman–Crippen MR) is 212 cm³/mol. The van der Waals surface area contributed by atoms with Crippen molar-refractivity contribution in [2.24, 2.45) is 0 Å². The van der Waals surface area contributed by atoms with Gasteiger partial charge in [-0.2, -0.15) is 0 Å². The molecule has 0 saturated carbocycles. The van der Waals surface area contributed by atoms with Crippen molar-refractivity contribution in [3.63, 3.8) is 0 Å². The molecule has 48 heavy (non-hydrogen) atoms. The molecular formula is C44H85ClO3. The number of esters is 1. The Labute approximate surface area is 306 Å². The van der Waals surface area contributed by atoms with E-state index < -0.39 is 11.3 Å². The summed E-state index contributed by atoms with van der Waals surface area (Å²) >= 11 is 5.77. The maximum atomic E-state index is 12.3. The lowest BCUT2D eigenvalue weighted by Crippen LogP contribution is -2.24. The number of halogens is 1. The van der Waals surface area contributed by atoms with Gasteiger partial charge in [0.25, 0.3) is 5.24 Å². The highest BCUT2D eigenvalue weighted by Gasteiger charge is 2.20. The van der Waals surface area contributed by atoms with Gasteiger partial charge in [0.1, 0.15) is 0 Å². The summed E-state index contributed by atoms with van der Waals surface area (Å²) in [4.78, 5) is 24.1. The fraction of sp³-hybridized carbons (Fsp3) is 0.955. The van der Waals surface area contributed by atoms with E-state index in [9.17, 15) is 9.59 Å². The van der Waals surface area contributed by atoms with E-state index in [1.165, 1.54) is 212 Å².